The van der Waals surface area contributed by atoms with Crippen LogP contribution in [0.3, 0.4) is 0 Å². The Balaban J connectivity index is 1.35. The van der Waals surface area contributed by atoms with E-state index in [1.165, 1.54) is 0 Å². The van der Waals surface area contributed by atoms with Crippen LogP contribution in [0.2, 0.25) is 0 Å². The van der Waals surface area contributed by atoms with Crippen molar-refractivity contribution in [2.24, 2.45) is 0 Å². The second-order valence-electron chi connectivity index (χ2n) is 9.89. The summed E-state index contributed by atoms with van der Waals surface area (Å²) in [7, 11) is 0. The quantitative estimate of drug-likeness (QED) is 0.600. The summed E-state index contributed by atoms with van der Waals surface area (Å²) >= 11 is 3.47. The lowest BCUT2D eigenvalue weighted by molar-refractivity contribution is -0.127. The fourth-order valence-electron chi connectivity index (χ4n) is 3.87. The van der Waals surface area contributed by atoms with E-state index in [-0.39, 0.29) is 12.1 Å². The molecule has 0 atom stereocenters. The molecule has 2 aromatic rings. The molecule has 4 rings (SSSR count). The van der Waals surface area contributed by atoms with Crippen LogP contribution in [-0.2, 0) is 22.6 Å². The molecule has 1 fully saturated rings. The summed E-state index contributed by atoms with van der Waals surface area (Å²) in [4.78, 5) is 26.7. The standard InChI is InChI=1S/C23H29BrN4O5/c1-22(2,3)33-21(30)26-16-12-27(13-16)9-14-8-25-28(10-14)11-15-6-7-17(24)19-18(15)20(29)32-23(4,5)31-19/h6-8,10,16H,9,11-13H2,1-5H3,(H,26,30). The Morgan fingerprint density at radius 2 is 2.00 bits per heavy atom. The zero-order valence-corrected chi connectivity index (χ0v) is 21.1. The van der Waals surface area contributed by atoms with Gasteiger partial charge in [0.2, 0.25) is 5.79 Å². The van der Waals surface area contributed by atoms with Gasteiger partial charge < -0.3 is 19.5 Å². The minimum Gasteiger partial charge on any atom is -0.451 e. The molecule has 1 N–H and O–H groups in total. The molecule has 0 radical (unpaired) electrons. The Morgan fingerprint density at radius 1 is 1.27 bits per heavy atom. The number of aromatic nitrogens is 2. The fourth-order valence-corrected chi connectivity index (χ4v) is 4.28. The number of benzene rings is 1. The van der Waals surface area contributed by atoms with Gasteiger partial charge in [-0.05, 0) is 48.3 Å². The van der Waals surface area contributed by atoms with Crippen molar-refractivity contribution in [2.45, 2.75) is 65.1 Å². The molecular formula is C23H29BrN4O5. The molecule has 33 heavy (non-hydrogen) atoms. The van der Waals surface area contributed by atoms with Crippen molar-refractivity contribution in [1.29, 1.82) is 0 Å². The number of hydrogen-bond donors (Lipinski definition) is 1. The average molecular weight is 521 g/mol. The Labute approximate surface area is 201 Å². The van der Waals surface area contributed by atoms with Crippen molar-refractivity contribution < 1.29 is 23.8 Å². The molecule has 9 nitrogen and oxygen atoms in total. The zero-order valence-electron chi connectivity index (χ0n) is 19.5. The van der Waals surface area contributed by atoms with Gasteiger partial charge in [0.15, 0.2) is 5.75 Å². The zero-order chi connectivity index (χ0) is 24.0. The maximum atomic E-state index is 12.6. The van der Waals surface area contributed by atoms with Gasteiger partial charge in [0.05, 0.1) is 23.3 Å². The number of halogens is 1. The van der Waals surface area contributed by atoms with Crippen LogP contribution in [0.5, 0.6) is 5.75 Å². The number of ether oxygens (including phenoxy) is 3. The number of hydrogen-bond acceptors (Lipinski definition) is 7. The minimum atomic E-state index is -1.02. The van der Waals surface area contributed by atoms with Crippen LogP contribution < -0.4 is 10.1 Å². The molecule has 3 heterocycles. The second kappa shape index (κ2) is 8.64. The van der Waals surface area contributed by atoms with Crippen molar-refractivity contribution in [3.63, 3.8) is 0 Å². The van der Waals surface area contributed by atoms with Crippen molar-refractivity contribution in [1.82, 2.24) is 20.0 Å². The minimum absolute atomic E-state index is 0.0828. The number of likely N-dealkylation sites (tertiary alicyclic amines) is 1. The molecule has 1 aromatic heterocycles. The van der Waals surface area contributed by atoms with Gasteiger partial charge in [-0.25, -0.2) is 9.59 Å². The van der Waals surface area contributed by atoms with Crippen LogP contribution in [0.15, 0.2) is 29.0 Å². The number of fused-ring (bicyclic) bond motifs is 1. The molecule has 0 saturated carbocycles. The number of amides is 1. The molecule has 0 spiro atoms. The molecule has 0 aliphatic carbocycles. The smallest absolute Gasteiger partial charge is 0.407 e. The number of carbonyl (C=O) groups is 2. The highest BCUT2D eigenvalue weighted by atomic mass is 79.9. The summed E-state index contributed by atoms with van der Waals surface area (Å²) in [6.45, 7) is 11.6. The highest BCUT2D eigenvalue weighted by Crippen LogP contribution is 2.39. The molecule has 1 amide bonds. The Bertz CT molecular complexity index is 1070. The first kappa shape index (κ1) is 23.6. The van der Waals surface area contributed by atoms with Crippen LogP contribution in [0.1, 0.15) is 56.1 Å². The van der Waals surface area contributed by atoms with E-state index in [2.05, 4.69) is 31.2 Å². The largest absolute Gasteiger partial charge is 0.451 e. The monoisotopic (exact) mass is 520 g/mol. The van der Waals surface area contributed by atoms with E-state index in [9.17, 15) is 9.59 Å². The van der Waals surface area contributed by atoms with Crippen molar-refractivity contribution >= 4 is 28.0 Å². The van der Waals surface area contributed by atoms with Crippen molar-refractivity contribution in [2.75, 3.05) is 13.1 Å². The van der Waals surface area contributed by atoms with Gasteiger partial charge in [0.25, 0.3) is 0 Å². The van der Waals surface area contributed by atoms with Crippen LogP contribution >= 0.6 is 15.9 Å². The Hall–Kier alpha value is -2.59. The lowest BCUT2D eigenvalue weighted by Crippen LogP contribution is -2.59. The van der Waals surface area contributed by atoms with E-state index in [4.69, 9.17) is 14.2 Å². The van der Waals surface area contributed by atoms with E-state index in [0.717, 1.165) is 30.8 Å². The number of rotatable bonds is 5. The van der Waals surface area contributed by atoms with Gasteiger partial charge in [-0.15, -0.1) is 0 Å². The number of esters is 1. The molecular weight excluding hydrogens is 492 g/mol. The van der Waals surface area contributed by atoms with Gasteiger partial charge in [0, 0.05) is 45.2 Å². The summed E-state index contributed by atoms with van der Waals surface area (Å²) in [6.07, 6.45) is 3.39. The highest BCUT2D eigenvalue weighted by Gasteiger charge is 2.37. The summed E-state index contributed by atoms with van der Waals surface area (Å²) in [6, 6.07) is 3.82. The van der Waals surface area contributed by atoms with E-state index in [1.54, 1.807) is 18.5 Å². The van der Waals surface area contributed by atoms with Crippen LogP contribution in [-0.4, -0.2) is 57.3 Å². The second-order valence-corrected chi connectivity index (χ2v) is 10.7. The normalized spacial score (nSPS) is 18.1. The number of nitrogens with one attached hydrogen (secondary N) is 1. The predicted octanol–water partition coefficient (Wildman–Crippen LogP) is 3.69. The summed E-state index contributed by atoms with van der Waals surface area (Å²) in [5.74, 6) is -0.934. The van der Waals surface area contributed by atoms with Gasteiger partial charge in [0.1, 0.15) is 11.2 Å². The van der Waals surface area contributed by atoms with Crippen LogP contribution in [0.4, 0.5) is 4.79 Å². The molecule has 178 valence electrons. The maximum Gasteiger partial charge on any atom is 0.407 e. The third kappa shape index (κ3) is 5.67. The lowest BCUT2D eigenvalue weighted by Gasteiger charge is -2.39. The highest BCUT2D eigenvalue weighted by molar-refractivity contribution is 9.10. The molecule has 1 saturated heterocycles. The van der Waals surface area contributed by atoms with Gasteiger partial charge >= 0.3 is 12.1 Å². The average Bonchev–Trinajstić information content (AvgIpc) is 3.07. The van der Waals surface area contributed by atoms with Crippen LogP contribution in [0.25, 0.3) is 0 Å². The number of carbonyl (C=O) groups excluding carboxylic acids is 2. The molecule has 2 aliphatic rings. The van der Waals surface area contributed by atoms with Gasteiger partial charge in [-0.2, -0.15) is 5.10 Å². The predicted molar refractivity (Wildman–Crippen MR) is 124 cm³/mol. The number of nitrogens with zero attached hydrogens (tertiary/aromatic N) is 3. The van der Waals surface area contributed by atoms with Crippen molar-refractivity contribution in [3.8, 4) is 5.75 Å². The Morgan fingerprint density at radius 3 is 2.70 bits per heavy atom. The molecule has 2 aliphatic heterocycles. The van der Waals surface area contributed by atoms with Crippen LogP contribution in [0, 0.1) is 0 Å². The maximum absolute atomic E-state index is 12.6. The first-order chi connectivity index (χ1) is 15.4. The fraction of sp³-hybridized carbons (Fsp3) is 0.522. The van der Waals surface area contributed by atoms with Gasteiger partial charge in [-0.1, -0.05) is 6.07 Å². The van der Waals surface area contributed by atoms with E-state index < -0.39 is 17.4 Å². The molecule has 0 bridgehead atoms. The van der Waals surface area contributed by atoms with E-state index in [0.29, 0.717) is 22.3 Å². The summed E-state index contributed by atoms with van der Waals surface area (Å²) in [5.41, 5.74) is 1.74. The van der Waals surface area contributed by atoms with E-state index >= 15 is 0 Å². The summed E-state index contributed by atoms with van der Waals surface area (Å²) in [5, 5.41) is 7.34. The summed E-state index contributed by atoms with van der Waals surface area (Å²) < 4.78 is 19.1. The molecule has 0 unspecified atom stereocenters. The first-order valence-electron chi connectivity index (χ1n) is 10.9. The van der Waals surface area contributed by atoms with E-state index in [1.807, 2.05) is 45.3 Å². The first-order valence-corrected chi connectivity index (χ1v) is 11.6. The van der Waals surface area contributed by atoms with Crippen molar-refractivity contribution in [3.05, 3.63) is 45.7 Å². The number of alkyl carbamates (subject to hydrolysis) is 1. The third-order valence-electron chi connectivity index (χ3n) is 5.19. The topological polar surface area (TPSA) is 94.9 Å². The third-order valence-corrected chi connectivity index (χ3v) is 5.81. The SMILES string of the molecule is CC(C)(C)OC(=O)NC1CN(Cc2cnn(Cc3ccc(Br)c4c3C(=O)OC(C)(C)O4)c2)C1. The molecule has 10 heteroatoms. The molecule has 1 aromatic carbocycles. The van der Waals surface area contributed by atoms with Gasteiger partial charge in [-0.3, -0.25) is 9.58 Å². The Kier molecular flexibility index (Phi) is 6.17. The lowest BCUT2D eigenvalue weighted by atomic mass is 10.0. The number of cyclic esters (lactones) is 1.